The number of ether oxygens (including phenoxy) is 2. The summed E-state index contributed by atoms with van der Waals surface area (Å²) in [6.45, 7) is 6.71. The predicted octanol–water partition coefficient (Wildman–Crippen LogP) is 2.17. The molecule has 1 atom stereocenters. The minimum atomic E-state index is 0.00935. The van der Waals surface area contributed by atoms with E-state index in [1.54, 1.807) is 7.11 Å². The molecule has 6 nitrogen and oxygen atoms in total. The fraction of sp³-hybridized carbons (Fsp3) is 0.619. The van der Waals surface area contributed by atoms with E-state index in [4.69, 9.17) is 9.47 Å². The van der Waals surface area contributed by atoms with E-state index in [2.05, 4.69) is 6.07 Å². The molecular formula is C21H30N2O4. The summed E-state index contributed by atoms with van der Waals surface area (Å²) < 4.78 is 10.6. The zero-order valence-electron chi connectivity index (χ0n) is 16.6. The van der Waals surface area contributed by atoms with Crippen molar-refractivity contribution in [2.24, 2.45) is 0 Å². The molecule has 2 amide bonds. The number of nitrogens with zero attached hydrogens (tertiary/aromatic N) is 2. The fourth-order valence-corrected chi connectivity index (χ4v) is 4.30. The highest BCUT2D eigenvalue weighted by atomic mass is 16.5. The van der Waals surface area contributed by atoms with Gasteiger partial charge >= 0.3 is 0 Å². The molecule has 2 saturated heterocycles. The second-order valence-corrected chi connectivity index (χ2v) is 7.65. The summed E-state index contributed by atoms with van der Waals surface area (Å²) in [5.41, 5.74) is 2.91. The Kier molecular flexibility index (Phi) is 6.50. The van der Waals surface area contributed by atoms with E-state index in [0.717, 1.165) is 36.0 Å². The number of rotatable bonds is 5. The number of carbonyl (C=O) groups excluding carboxylic acids is 2. The number of carbonyl (C=O) groups is 2. The van der Waals surface area contributed by atoms with Gasteiger partial charge in [0.25, 0.3) is 5.91 Å². The number of likely N-dealkylation sites (tertiary alicyclic amines) is 1. The zero-order valence-corrected chi connectivity index (χ0v) is 16.6. The van der Waals surface area contributed by atoms with Gasteiger partial charge in [-0.05, 0) is 45.2 Å². The van der Waals surface area contributed by atoms with E-state index in [1.165, 1.54) is 0 Å². The average Bonchev–Trinajstić information content (AvgIpc) is 3.11. The average molecular weight is 374 g/mol. The van der Waals surface area contributed by atoms with Gasteiger partial charge in [0.1, 0.15) is 6.61 Å². The summed E-state index contributed by atoms with van der Waals surface area (Å²) >= 11 is 0. The highest BCUT2D eigenvalue weighted by Crippen LogP contribution is 2.25. The topological polar surface area (TPSA) is 59.1 Å². The van der Waals surface area contributed by atoms with Crippen molar-refractivity contribution >= 4 is 11.8 Å². The monoisotopic (exact) mass is 374 g/mol. The molecule has 1 unspecified atom stereocenters. The Bertz CT molecular complexity index is 665. The molecule has 0 spiro atoms. The lowest BCUT2D eigenvalue weighted by molar-refractivity contribution is -0.142. The molecule has 1 aromatic rings. The zero-order chi connectivity index (χ0) is 19.4. The van der Waals surface area contributed by atoms with E-state index in [-0.39, 0.29) is 30.5 Å². The number of hydrogen-bond acceptors (Lipinski definition) is 4. The van der Waals surface area contributed by atoms with Crippen molar-refractivity contribution < 1.29 is 19.1 Å². The van der Waals surface area contributed by atoms with Gasteiger partial charge in [0, 0.05) is 45.0 Å². The highest BCUT2D eigenvalue weighted by molar-refractivity contribution is 5.95. The third-order valence-corrected chi connectivity index (χ3v) is 5.45. The lowest BCUT2D eigenvalue weighted by atomic mass is 10.0. The van der Waals surface area contributed by atoms with Crippen molar-refractivity contribution in [1.82, 2.24) is 9.80 Å². The molecule has 27 heavy (non-hydrogen) atoms. The molecule has 0 N–H and O–H groups in total. The largest absolute Gasteiger partial charge is 0.381 e. The molecule has 0 aliphatic carbocycles. The maximum Gasteiger partial charge on any atom is 0.253 e. The van der Waals surface area contributed by atoms with Crippen LogP contribution in [0.4, 0.5) is 0 Å². The van der Waals surface area contributed by atoms with Crippen LogP contribution >= 0.6 is 0 Å². The lowest BCUT2D eigenvalue weighted by Crippen LogP contribution is -2.51. The van der Waals surface area contributed by atoms with Crippen LogP contribution in [0.15, 0.2) is 18.2 Å². The Morgan fingerprint density at radius 1 is 1.11 bits per heavy atom. The molecule has 0 saturated carbocycles. The van der Waals surface area contributed by atoms with Crippen LogP contribution in [0.5, 0.6) is 0 Å². The second kappa shape index (κ2) is 8.85. The number of aryl methyl sites for hydroxylation is 2. The lowest BCUT2D eigenvalue weighted by Gasteiger charge is -2.38. The van der Waals surface area contributed by atoms with Gasteiger partial charge in [-0.2, -0.15) is 0 Å². The molecule has 2 aliphatic rings. The molecule has 0 radical (unpaired) electrons. The Balaban J connectivity index is 1.72. The summed E-state index contributed by atoms with van der Waals surface area (Å²) in [6, 6.07) is 6.16. The van der Waals surface area contributed by atoms with Crippen molar-refractivity contribution in [1.29, 1.82) is 0 Å². The Morgan fingerprint density at radius 2 is 1.78 bits per heavy atom. The van der Waals surface area contributed by atoms with Crippen LogP contribution in [-0.2, 0) is 14.3 Å². The van der Waals surface area contributed by atoms with Crippen LogP contribution < -0.4 is 0 Å². The predicted molar refractivity (Wildman–Crippen MR) is 103 cm³/mol. The number of amides is 2. The Labute approximate surface area is 161 Å². The summed E-state index contributed by atoms with van der Waals surface area (Å²) in [4.78, 5) is 29.5. The fourth-order valence-electron chi connectivity index (χ4n) is 4.30. The van der Waals surface area contributed by atoms with Crippen LogP contribution in [0.1, 0.15) is 40.7 Å². The maximum absolute atomic E-state index is 13.0. The van der Waals surface area contributed by atoms with Crippen molar-refractivity contribution in [3.63, 3.8) is 0 Å². The standard InChI is InChI=1S/C21H30N2O4/c1-15-10-16(2)12-17(11-15)21(25)22-7-4-19(13-22)23(20(24)14-26-3)18-5-8-27-9-6-18/h10-12,18-19H,4-9,13-14H2,1-3H3. The van der Waals surface area contributed by atoms with E-state index in [9.17, 15) is 9.59 Å². The number of benzene rings is 1. The Morgan fingerprint density at radius 3 is 2.41 bits per heavy atom. The summed E-state index contributed by atoms with van der Waals surface area (Å²) in [7, 11) is 1.55. The first kappa shape index (κ1) is 19.8. The van der Waals surface area contributed by atoms with Crippen molar-refractivity contribution in [2.45, 2.75) is 45.2 Å². The summed E-state index contributed by atoms with van der Waals surface area (Å²) in [5.74, 6) is 0.0607. The van der Waals surface area contributed by atoms with Gasteiger partial charge in [-0.15, -0.1) is 0 Å². The summed E-state index contributed by atoms with van der Waals surface area (Å²) in [6.07, 6.45) is 2.50. The van der Waals surface area contributed by atoms with Gasteiger partial charge in [0.2, 0.25) is 5.91 Å². The molecule has 148 valence electrons. The first-order chi connectivity index (χ1) is 13.0. The molecule has 2 heterocycles. The molecule has 1 aromatic carbocycles. The highest BCUT2D eigenvalue weighted by Gasteiger charge is 2.37. The second-order valence-electron chi connectivity index (χ2n) is 7.65. The van der Waals surface area contributed by atoms with Gasteiger partial charge in [-0.3, -0.25) is 9.59 Å². The van der Waals surface area contributed by atoms with Crippen LogP contribution in [0.2, 0.25) is 0 Å². The van der Waals surface area contributed by atoms with Crippen LogP contribution in [0.3, 0.4) is 0 Å². The SMILES string of the molecule is COCC(=O)N(C1CCOCC1)C1CCN(C(=O)c2cc(C)cc(C)c2)C1. The third kappa shape index (κ3) is 4.68. The Hall–Kier alpha value is -1.92. The number of methoxy groups -OCH3 is 1. The maximum atomic E-state index is 13.0. The van der Waals surface area contributed by atoms with Crippen LogP contribution in [0.25, 0.3) is 0 Å². The van der Waals surface area contributed by atoms with Gasteiger partial charge in [-0.1, -0.05) is 17.2 Å². The molecule has 2 fully saturated rings. The minimum absolute atomic E-state index is 0.00935. The van der Waals surface area contributed by atoms with Gasteiger partial charge in [-0.25, -0.2) is 0 Å². The quantitative estimate of drug-likeness (QED) is 0.793. The molecule has 2 aliphatic heterocycles. The molecule has 6 heteroatoms. The van der Waals surface area contributed by atoms with Crippen LogP contribution in [0, 0.1) is 13.8 Å². The van der Waals surface area contributed by atoms with Crippen molar-refractivity contribution in [3.05, 3.63) is 34.9 Å². The van der Waals surface area contributed by atoms with Gasteiger partial charge in [0.15, 0.2) is 0 Å². The van der Waals surface area contributed by atoms with Crippen molar-refractivity contribution in [2.75, 3.05) is 40.0 Å². The van der Waals surface area contributed by atoms with E-state index >= 15 is 0 Å². The third-order valence-electron chi connectivity index (χ3n) is 5.45. The summed E-state index contributed by atoms with van der Waals surface area (Å²) in [5, 5.41) is 0. The smallest absolute Gasteiger partial charge is 0.253 e. The molecular weight excluding hydrogens is 344 g/mol. The van der Waals surface area contributed by atoms with E-state index in [0.29, 0.717) is 26.3 Å². The van der Waals surface area contributed by atoms with E-state index in [1.807, 2.05) is 35.8 Å². The number of hydrogen-bond donors (Lipinski definition) is 0. The normalized spacial score (nSPS) is 20.7. The molecule has 0 aromatic heterocycles. The van der Waals surface area contributed by atoms with Gasteiger partial charge < -0.3 is 19.3 Å². The van der Waals surface area contributed by atoms with Crippen molar-refractivity contribution in [3.8, 4) is 0 Å². The molecule has 3 rings (SSSR count). The molecule has 0 bridgehead atoms. The first-order valence-electron chi connectivity index (χ1n) is 9.75. The minimum Gasteiger partial charge on any atom is -0.381 e. The first-order valence-corrected chi connectivity index (χ1v) is 9.75. The van der Waals surface area contributed by atoms with E-state index < -0.39 is 0 Å². The van der Waals surface area contributed by atoms with Gasteiger partial charge in [0.05, 0.1) is 6.04 Å². The van der Waals surface area contributed by atoms with Crippen LogP contribution in [-0.4, -0.2) is 73.7 Å².